The molecule has 132 valence electrons. The van der Waals surface area contributed by atoms with Crippen LogP contribution in [0.1, 0.15) is 30.3 Å². The first-order valence-electron chi connectivity index (χ1n) is 9.12. The maximum atomic E-state index is 13.2. The summed E-state index contributed by atoms with van der Waals surface area (Å²) in [5, 5.41) is 8.63. The van der Waals surface area contributed by atoms with Gasteiger partial charge in [-0.15, -0.1) is 10.2 Å². The lowest BCUT2D eigenvalue weighted by Gasteiger charge is -2.30. The Labute approximate surface area is 151 Å². The lowest BCUT2D eigenvalue weighted by Crippen LogP contribution is -2.40. The van der Waals surface area contributed by atoms with Crippen LogP contribution in [0.3, 0.4) is 0 Å². The Kier molecular flexibility index (Phi) is 3.62. The molecular formula is C20H20N4O2. The molecule has 1 aromatic carbocycles. The zero-order valence-corrected chi connectivity index (χ0v) is 14.4. The van der Waals surface area contributed by atoms with E-state index in [0.717, 1.165) is 48.6 Å². The largest absolute Gasteiger partial charge is 0.492 e. The maximum Gasteiger partial charge on any atom is 0.230 e. The standard InChI is InChI=1S/C20H20N4O2/c25-20(15-12-14-6-1-2-8-17(14)26-13-15)23-11-5-7-16(23)19-22-21-18-9-3-4-10-24(18)19/h1-4,6,8-10,15-16H,5,7,11-13H2/t15-,16-/m1/s1. The molecule has 2 atom stereocenters. The number of carbonyl (C=O) groups is 1. The van der Waals surface area contributed by atoms with Crippen molar-refractivity contribution in [1.82, 2.24) is 19.5 Å². The van der Waals surface area contributed by atoms with Gasteiger partial charge >= 0.3 is 0 Å². The van der Waals surface area contributed by atoms with E-state index >= 15 is 0 Å². The van der Waals surface area contributed by atoms with E-state index in [-0.39, 0.29) is 17.9 Å². The number of hydrogen-bond donors (Lipinski definition) is 0. The summed E-state index contributed by atoms with van der Waals surface area (Å²) in [5.41, 5.74) is 1.93. The van der Waals surface area contributed by atoms with E-state index in [4.69, 9.17) is 4.74 Å². The van der Waals surface area contributed by atoms with Crippen LogP contribution in [-0.2, 0) is 11.2 Å². The summed E-state index contributed by atoms with van der Waals surface area (Å²) in [4.78, 5) is 15.2. The zero-order valence-electron chi connectivity index (χ0n) is 14.4. The van der Waals surface area contributed by atoms with Gasteiger partial charge in [-0.3, -0.25) is 9.20 Å². The van der Waals surface area contributed by atoms with E-state index in [0.29, 0.717) is 6.61 Å². The lowest BCUT2D eigenvalue weighted by molar-refractivity contribution is -0.138. The predicted octanol–water partition coefficient (Wildman–Crippen LogP) is 2.64. The molecule has 6 nitrogen and oxygen atoms in total. The number of pyridine rings is 1. The highest BCUT2D eigenvalue weighted by Crippen LogP contribution is 2.34. The van der Waals surface area contributed by atoms with Crippen LogP contribution in [0.15, 0.2) is 48.7 Å². The van der Waals surface area contributed by atoms with Gasteiger partial charge in [0, 0.05) is 12.7 Å². The topological polar surface area (TPSA) is 59.7 Å². The fraction of sp³-hybridized carbons (Fsp3) is 0.350. The van der Waals surface area contributed by atoms with Gasteiger partial charge in [-0.1, -0.05) is 24.3 Å². The van der Waals surface area contributed by atoms with Crippen LogP contribution >= 0.6 is 0 Å². The smallest absolute Gasteiger partial charge is 0.230 e. The monoisotopic (exact) mass is 348 g/mol. The number of ether oxygens (including phenoxy) is 1. The van der Waals surface area contributed by atoms with Crippen molar-refractivity contribution >= 4 is 11.6 Å². The van der Waals surface area contributed by atoms with E-state index in [1.807, 2.05) is 58.0 Å². The fourth-order valence-corrected chi connectivity index (χ4v) is 4.11. The molecule has 0 saturated carbocycles. The van der Waals surface area contributed by atoms with Gasteiger partial charge in [0.1, 0.15) is 12.4 Å². The highest BCUT2D eigenvalue weighted by molar-refractivity contribution is 5.80. The molecule has 0 spiro atoms. The zero-order chi connectivity index (χ0) is 17.5. The highest BCUT2D eigenvalue weighted by Gasteiger charge is 2.37. The molecule has 0 bridgehead atoms. The van der Waals surface area contributed by atoms with Gasteiger partial charge in [-0.05, 0) is 43.0 Å². The summed E-state index contributed by atoms with van der Waals surface area (Å²) >= 11 is 0. The van der Waals surface area contributed by atoms with Crippen molar-refractivity contribution < 1.29 is 9.53 Å². The number of amides is 1. The van der Waals surface area contributed by atoms with Crippen molar-refractivity contribution in [3.8, 4) is 5.75 Å². The minimum atomic E-state index is -0.135. The van der Waals surface area contributed by atoms with Crippen LogP contribution < -0.4 is 4.74 Å². The summed E-state index contributed by atoms with van der Waals surface area (Å²) in [6.45, 7) is 1.21. The van der Waals surface area contributed by atoms with Crippen LogP contribution in [0.25, 0.3) is 5.65 Å². The Bertz CT molecular complexity index is 967. The Hall–Kier alpha value is -2.89. The number of fused-ring (bicyclic) bond motifs is 2. The van der Waals surface area contributed by atoms with Gasteiger partial charge in [-0.2, -0.15) is 0 Å². The Morgan fingerprint density at radius 3 is 2.96 bits per heavy atom. The second-order valence-corrected chi connectivity index (χ2v) is 7.00. The van der Waals surface area contributed by atoms with E-state index in [1.54, 1.807) is 0 Å². The van der Waals surface area contributed by atoms with Crippen molar-refractivity contribution in [2.45, 2.75) is 25.3 Å². The van der Waals surface area contributed by atoms with Crippen molar-refractivity contribution in [2.24, 2.45) is 5.92 Å². The summed E-state index contributed by atoms with van der Waals surface area (Å²) in [6, 6.07) is 13.8. The molecule has 0 N–H and O–H groups in total. The molecule has 2 aliphatic rings. The summed E-state index contributed by atoms with van der Waals surface area (Å²) < 4.78 is 7.82. The second kappa shape index (κ2) is 6.12. The number of likely N-dealkylation sites (tertiary alicyclic amines) is 1. The fourth-order valence-electron chi connectivity index (χ4n) is 4.11. The Balaban J connectivity index is 1.41. The van der Waals surface area contributed by atoms with Gasteiger partial charge in [0.15, 0.2) is 11.5 Å². The van der Waals surface area contributed by atoms with E-state index in [9.17, 15) is 4.79 Å². The molecule has 4 heterocycles. The summed E-state index contributed by atoms with van der Waals surface area (Å²) in [7, 11) is 0. The van der Waals surface area contributed by atoms with Crippen molar-refractivity contribution in [3.63, 3.8) is 0 Å². The Morgan fingerprint density at radius 1 is 1.12 bits per heavy atom. The first kappa shape index (κ1) is 15.4. The van der Waals surface area contributed by atoms with E-state index in [2.05, 4.69) is 10.2 Å². The number of para-hydroxylation sites is 1. The predicted molar refractivity (Wildman–Crippen MR) is 95.8 cm³/mol. The molecule has 2 aromatic heterocycles. The Morgan fingerprint density at radius 2 is 2.00 bits per heavy atom. The number of rotatable bonds is 2. The van der Waals surface area contributed by atoms with Crippen LogP contribution in [-0.4, -0.2) is 38.6 Å². The van der Waals surface area contributed by atoms with Crippen molar-refractivity contribution in [3.05, 3.63) is 60.0 Å². The van der Waals surface area contributed by atoms with Gasteiger partial charge in [0.2, 0.25) is 5.91 Å². The number of aromatic nitrogens is 3. The number of nitrogens with zero attached hydrogens (tertiary/aromatic N) is 4. The van der Waals surface area contributed by atoms with E-state index < -0.39 is 0 Å². The number of carbonyl (C=O) groups excluding carboxylic acids is 1. The molecule has 2 aliphatic heterocycles. The van der Waals surface area contributed by atoms with Gasteiger partial charge in [0.25, 0.3) is 0 Å². The first-order chi connectivity index (χ1) is 12.8. The van der Waals surface area contributed by atoms with Crippen LogP contribution in [0.4, 0.5) is 0 Å². The molecule has 0 aliphatic carbocycles. The molecule has 5 rings (SSSR count). The molecule has 3 aromatic rings. The molecule has 0 radical (unpaired) electrons. The minimum Gasteiger partial charge on any atom is -0.492 e. The van der Waals surface area contributed by atoms with Gasteiger partial charge in [0.05, 0.1) is 12.0 Å². The molecule has 0 unspecified atom stereocenters. The molecule has 6 heteroatoms. The summed E-state index contributed by atoms with van der Waals surface area (Å²) in [5.74, 6) is 1.78. The quantitative estimate of drug-likeness (QED) is 0.714. The van der Waals surface area contributed by atoms with Gasteiger partial charge in [-0.25, -0.2) is 0 Å². The van der Waals surface area contributed by atoms with Crippen LogP contribution in [0.5, 0.6) is 5.75 Å². The molecule has 1 saturated heterocycles. The van der Waals surface area contributed by atoms with Gasteiger partial charge < -0.3 is 9.64 Å². The number of hydrogen-bond acceptors (Lipinski definition) is 4. The maximum absolute atomic E-state index is 13.2. The molecular weight excluding hydrogens is 328 g/mol. The van der Waals surface area contributed by atoms with Crippen molar-refractivity contribution in [1.29, 1.82) is 0 Å². The number of benzene rings is 1. The average molecular weight is 348 g/mol. The third kappa shape index (κ3) is 2.44. The third-order valence-electron chi connectivity index (χ3n) is 5.40. The highest BCUT2D eigenvalue weighted by atomic mass is 16.5. The van der Waals surface area contributed by atoms with Crippen molar-refractivity contribution in [2.75, 3.05) is 13.2 Å². The van der Waals surface area contributed by atoms with Crippen LogP contribution in [0.2, 0.25) is 0 Å². The van der Waals surface area contributed by atoms with E-state index in [1.165, 1.54) is 0 Å². The molecule has 1 fully saturated rings. The second-order valence-electron chi connectivity index (χ2n) is 7.00. The molecule has 26 heavy (non-hydrogen) atoms. The first-order valence-corrected chi connectivity index (χ1v) is 9.12. The molecule has 1 amide bonds. The normalized spacial score (nSPS) is 22.2. The average Bonchev–Trinajstić information content (AvgIpc) is 3.33. The minimum absolute atomic E-state index is 0.0166. The van der Waals surface area contributed by atoms with Crippen LogP contribution in [0, 0.1) is 5.92 Å². The SMILES string of the molecule is O=C([C@H]1COc2ccccc2C1)N1CCC[C@@H]1c1nnc2ccccn12. The lowest BCUT2D eigenvalue weighted by atomic mass is 9.95. The third-order valence-corrected chi connectivity index (χ3v) is 5.40. The summed E-state index contributed by atoms with van der Waals surface area (Å²) in [6.07, 6.45) is 4.61.